The number of aromatic nitrogens is 3. The summed E-state index contributed by atoms with van der Waals surface area (Å²) in [7, 11) is 0. The molecule has 186 valence electrons. The predicted molar refractivity (Wildman–Crippen MR) is 129 cm³/mol. The van der Waals surface area contributed by atoms with Crippen molar-refractivity contribution < 1.29 is 22.3 Å². The number of hydrogen-bond donors (Lipinski definition) is 2. The Morgan fingerprint density at radius 2 is 2.11 bits per heavy atom. The van der Waals surface area contributed by atoms with Crippen molar-refractivity contribution in [2.24, 2.45) is 16.6 Å². The zero-order valence-electron chi connectivity index (χ0n) is 19.2. The number of ether oxygens (including phenoxy) is 1. The molecule has 0 unspecified atom stereocenters. The summed E-state index contributed by atoms with van der Waals surface area (Å²) in [6, 6.07) is 3.92. The van der Waals surface area contributed by atoms with E-state index in [9.17, 15) is 13.2 Å². The van der Waals surface area contributed by atoms with Crippen molar-refractivity contribution in [3.05, 3.63) is 47.8 Å². The lowest BCUT2D eigenvalue weighted by molar-refractivity contribution is 0.123. The molecule has 12 heteroatoms. The summed E-state index contributed by atoms with van der Waals surface area (Å²) in [6.45, 7) is 3.35. The number of fused-ring (bicyclic) bond motifs is 2. The minimum absolute atomic E-state index is 0.0846. The number of halogens is 4. The zero-order chi connectivity index (χ0) is 25.7. The molecule has 0 amide bonds. The van der Waals surface area contributed by atoms with Crippen LogP contribution in [0, 0.1) is 29.4 Å². The number of benzene rings is 1. The fraction of sp³-hybridized carbons (Fsp3) is 0.333. The molecule has 2 aliphatic rings. The average Bonchev–Trinajstić information content (AvgIpc) is 3.58. The second kappa shape index (κ2) is 8.81. The van der Waals surface area contributed by atoms with Crippen molar-refractivity contribution in [1.82, 2.24) is 15.0 Å². The molecule has 0 saturated heterocycles. The largest absolute Gasteiger partial charge is 0.463 e. The molecule has 1 fully saturated rings. The number of hydrogen-bond acceptors (Lipinski definition) is 8. The summed E-state index contributed by atoms with van der Waals surface area (Å²) in [6.07, 6.45) is 0.278. The molecular formula is C24H20F4N6OS. The first-order valence-electron chi connectivity index (χ1n) is 10.9. The van der Waals surface area contributed by atoms with Crippen LogP contribution in [0.3, 0.4) is 0 Å². The number of nitrogens with zero attached hydrogens (tertiary/aromatic N) is 4. The molecule has 2 aromatic heterocycles. The van der Waals surface area contributed by atoms with Crippen LogP contribution in [-0.2, 0) is 5.54 Å². The van der Waals surface area contributed by atoms with Crippen LogP contribution in [-0.4, -0.2) is 37.9 Å². The van der Waals surface area contributed by atoms with Crippen LogP contribution in [0.5, 0.6) is 5.88 Å². The second-order valence-corrected chi connectivity index (χ2v) is 9.99. The summed E-state index contributed by atoms with van der Waals surface area (Å²) < 4.78 is 61.5. The van der Waals surface area contributed by atoms with Gasteiger partial charge in [-0.15, -0.1) is 5.92 Å². The molecule has 0 radical (unpaired) electrons. The van der Waals surface area contributed by atoms with E-state index >= 15 is 4.39 Å². The Labute approximate surface area is 208 Å². The van der Waals surface area contributed by atoms with Crippen molar-refractivity contribution in [3.63, 3.8) is 0 Å². The minimum atomic E-state index is -2.68. The summed E-state index contributed by atoms with van der Waals surface area (Å²) >= 11 is 0.796. The van der Waals surface area contributed by atoms with E-state index in [1.54, 1.807) is 13.0 Å². The van der Waals surface area contributed by atoms with E-state index in [0.29, 0.717) is 11.0 Å². The van der Waals surface area contributed by atoms with Gasteiger partial charge in [0.1, 0.15) is 5.52 Å². The highest BCUT2D eigenvalue weighted by atomic mass is 32.2. The monoisotopic (exact) mass is 516 g/mol. The molecule has 1 saturated carbocycles. The van der Waals surface area contributed by atoms with E-state index in [1.807, 2.05) is 0 Å². The van der Waals surface area contributed by atoms with Gasteiger partial charge in [-0.05, 0) is 32.4 Å². The van der Waals surface area contributed by atoms with Gasteiger partial charge in [-0.25, -0.2) is 32.5 Å². The van der Waals surface area contributed by atoms with Gasteiger partial charge in [0.2, 0.25) is 5.88 Å². The highest BCUT2D eigenvalue weighted by Crippen LogP contribution is 2.68. The molecule has 1 aliphatic carbocycles. The summed E-state index contributed by atoms with van der Waals surface area (Å²) in [5.74, 6) is 2.94. The number of alkyl halides is 2. The van der Waals surface area contributed by atoms with Crippen molar-refractivity contribution >= 4 is 39.5 Å². The van der Waals surface area contributed by atoms with E-state index < -0.39 is 34.3 Å². The first-order valence-corrected chi connectivity index (χ1v) is 11.7. The maximum atomic E-state index is 15.1. The Hall–Kier alpha value is -3.59. The van der Waals surface area contributed by atoms with Gasteiger partial charge in [0.15, 0.2) is 29.2 Å². The van der Waals surface area contributed by atoms with Gasteiger partial charge in [0.05, 0.1) is 22.0 Å². The third kappa shape index (κ3) is 3.97. The van der Waals surface area contributed by atoms with Gasteiger partial charge >= 0.3 is 0 Å². The Morgan fingerprint density at radius 1 is 1.31 bits per heavy atom. The molecule has 1 aromatic carbocycles. The summed E-state index contributed by atoms with van der Waals surface area (Å²) in [5.41, 5.74) is 5.17. The van der Waals surface area contributed by atoms with Crippen LogP contribution in [0.1, 0.15) is 25.8 Å². The molecule has 3 atom stereocenters. The molecule has 1 aliphatic heterocycles. The molecule has 0 spiro atoms. The predicted octanol–water partition coefficient (Wildman–Crippen LogP) is 4.75. The standard InChI is InChI=1S/C24H20F4N6OS/c1-3-4-7-35-17-11-31-19-15(33-17)5-6-30-20(19)32-12-8-13(18(26)14(25)9-12)23(2)16-10-24(16,21(27)28)36-22(29)34-23/h5-6,8-9,11,16,21H,7,10H2,1-2H3,(H2,29,34)(H,30,32)/t16-,23-,24-/m0/s1. The van der Waals surface area contributed by atoms with Crippen molar-refractivity contribution in [2.45, 2.75) is 37.0 Å². The van der Waals surface area contributed by atoms with E-state index in [0.717, 1.165) is 17.8 Å². The van der Waals surface area contributed by atoms with Crippen molar-refractivity contribution in [1.29, 1.82) is 0 Å². The number of nitrogens with one attached hydrogen (secondary N) is 1. The second-order valence-electron chi connectivity index (χ2n) is 8.61. The van der Waals surface area contributed by atoms with Gasteiger partial charge in [-0.2, -0.15) is 0 Å². The van der Waals surface area contributed by atoms with E-state index in [2.05, 4.69) is 37.1 Å². The van der Waals surface area contributed by atoms with Crippen LogP contribution < -0.4 is 15.8 Å². The lowest BCUT2D eigenvalue weighted by atomic mass is 9.85. The third-order valence-corrected chi connectivity index (χ3v) is 7.69. The third-order valence-electron chi connectivity index (χ3n) is 6.38. The molecule has 0 bridgehead atoms. The number of nitrogens with two attached hydrogens (primary N) is 1. The van der Waals surface area contributed by atoms with E-state index in [1.165, 1.54) is 25.4 Å². The number of pyridine rings is 1. The zero-order valence-corrected chi connectivity index (χ0v) is 20.0. The van der Waals surface area contributed by atoms with Gasteiger partial charge in [0.25, 0.3) is 6.43 Å². The molecule has 3 heterocycles. The van der Waals surface area contributed by atoms with Crippen LogP contribution in [0.2, 0.25) is 0 Å². The maximum Gasteiger partial charge on any atom is 0.253 e. The topological polar surface area (TPSA) is 98.3 Å². The van der Waals surface area contributed by atoms with E-state index in [4.69, 9.17) is 10.5 Å². The SMILES string of the molecule is CC#CCOc1cnc2c(Nc3cc(F)c(F)c([C@]4(C)N=C(N)S[C@@]5(C(F)F)C[C@@H]45)c3)nccc2n1. The van der Waals surface area contributed by atoms with E-state index in [-0.39, 0.29) is 41.1 Å². The first-order chi connectivity index (χ1) is 17.2. The molecule has 3 aromatic rings. The Balaban J connectivity index is 1.51. The van der Waals surface area contributed by atoms with Crippen LogP contribution in [0.15, 0.2) is 35.6 Å². The van der Waals surface area contributed by atoms with Crippen molar-refractivity contribution in [3.8, 4) is 17.7 Å². The number of rotatable bonds is 6. The normalized spacial score (nSPS) is 24.5. The lowest BCUT2D eigenvalue weighted by Crippen LogP contribution is -2.39. The Bertz CT molecular complexity index is 1460. The Morgan fingerprint density at radius 3 is 2.86 bits per heavy atom. The van der Waals surface area contributed by atoms with Crippen LogP contribution >= 0.6 is 11.8 Å². The minimum Gasteiger partial charge on any atom is -0.463 e. The van der Waals surface area contributed by atoms with Gasteiger partial charge in [-0.3, -0.25) is 4.99 Å². The smallest absolute Gasteiger partial charge is 0.253 e. The number of anilines is 2. The fourth-order valence-corrected chi connectivity index (χ4v) is 5.88. The number of aliphatic imine (C=N–C) groups is 1. The highest BCUT2D eigenvalue weighted by molar-refractivity contribution is 8.15. The molecule has 3 N–H and O–H groups in total. The van der Waals surface area contributed by atoms with Crippen LogP contribution in [0.4, 0.5) is 29.1 Å². The quantitative estimate of drug-likeness (QED) is 0.360. The van der Waals surface area contributed by atoms with Crippen LogP contribution in [0.25, 0.3) is 11.0 Å². The van der Waals surface area contributed by atoms with Gasteiger partial charge in [-0.1, -0.05) is 17.7 Å². The molecule has 7 nitrogen and oxygen atoms in total. The summed E-state index contributed by atoms with van der Waals surface area (Å²) in [5, 5.41) is 2.85. The average molecular weight is 517 g/mol. The maximum absolute atomic E-state index is 15.1. The number of amidine groups is 1. The molecule has 36 heavy (non-hydrogen) atoms. The van der Waals surface area contributed by atoms with Crippen molar-refractivity contribution in [2.75, 3.05) is 11.9 Å². The highest BCUT2D eigenvalue weighted by Gasteiger charge is 2.71. The van der Waals surface area contributed by atoms with Gasteiger partial charge in [0, 0.05) is 29.4 Å². The molecular weight excluding hydrogens is 496 g/mol. The number of thioether (sulfide) groups is 1. The fourth-order valence-electron chi connectivity index (χ4n) is 4.54. The lowest BCUT2D eigenvalue weighted by Gasteiger charge is -2.34. The molecule has 5 rings (SSSR count). The first kappa shape index (κ1) is 24.1. The summed E-state index contributed by atoms with van der Waals surface area (Å²) in [4.78, 5) is 17.2. The Kier molecular flexibility index (Phi) is 5.90. The van der Waals surface area contributed by atoms with Gasteiger partial charge < -0.3 is 15.8 Å².